The Labute approximate surface area is 528 Å². The number of carbonyl (C=O) groups excluding carboxylic acids is 8. The van der Waals surface area contributed by atoms with Gasteiger partial charge in [0.05, 0.1) is 30.8 Å². The fourth-order valence-corrected chi connectivity index (χ4v) is 13.7. The van der Waals surface area contributed by atoms with E-state index in [0.29, 0.717) is 69.4 Å². The number of carbonyl (C=O) groups is 8. The normalized spacial score (nSPS) is 19.9. The van der Waals surface area contributed by atoms with Crippen LogP contribution in [0.2, 0.25) is 0 Å². The molecule has 7 atom stereocenters. The Morgan fingerprint density at radius 3 is 1.55 bits per heavy atom. The van der Waals surface area contributed by atoms with Gasteiger partial charge in [-0.1, -0.05) is 163 Å². The van der Waals surface area contributed by atoms with E-state index >= 15 is 0 Å². The van der Waals surface area contributed by atoms with Gasteiger partial charge in [0.2, 0.25) is 29.5 Å². The van der Waals surface area contributed by atoms with Gasteiger partial charge in [-0.3, -0.25) is 38.4 Å². The summed E-state index contributed by atoms with van der Waals surface area (Å²) in [7, 11) is 3.29. The number of nitrogens with one attached hydrogen (secondary N) is 2. The molecule has 8 rings (SSSR count). The standard InChI is InChI=1S/C73H98N6O10/c1-7-51(4)70(84)75-69(58-26-18-11-19-27-58)73(87)79-49-63(89-6)43-61(79)46-76(40-38-52-20-12-8-13-21-52)67(82)37-36-65(80)57-32-28-54(29-33-57)55-30-34-59(35-31-55)71(85)74-45-68(83)77(41-39-53-22-14-9-15-23-53)47-60-42-62(88-5)48-78(60)72(86)64(44-66(81)50(2)3)56-24-16-10-17-25-56/h8-9,12-15,20-23,28-35,50-51,56,58,60-64,69H,7,10-11,16-19,24-27,36-49H2,1-6H3,(H,74,85)(H,75,84)/t51-,60+,61+,62+,63+,64+,69+/m1/s1. The van der Waals surface area contributed by atoms with Gasteiger partial charge >= 0.3 is 0 Å². The number of likely N-dealkylation sites (tertiary alicyclic amines) is 2. The summed E-state index contributed by atoms with van der Waals surface area (Å²) in [5.74, 6) is -1.85. The van der Waals surface area contributed by atoms with Crippen molar-refractivity contribution in [2.45, 2.75) is 174 Å². The molecule has 2 heterocycles. The highest BCUT2D eigenvalue weighted by Crippen LogP contribution is 2.37. The number of nitrogens with zero attached hydrogens (tertiary/aromatic N) is 4. The number of methoxy groups -OCH3 is 2. The second-order valence-electron chi connectivity index (χ2n) is 25.9. The average molecular weight is 1220 g/mol. The van der Waals surface area contributed by atoms with E-state index in [1.165, 1.54) is 0 Å². The SMILES string of the molecule is CC[C@@H](C)C(=O)N[C@H](C(=O)N1C[C@@H](OC)C[C@H]1CN(CCc1ccccc1)C(=O)CCC(=O)c1ccc(-c2ccc(C(=O)NCC(=O)N(CCc3ccccc3)C[C@@H]3C[C@H](OC)CN3C(=O)[C@@H](CC(=O)C(C)C)C3CCCCC3)cc2)cc1)C1CCCCC1. The first-order chi connectivity index (χ1) is 43.0. The lowest BCUT2D eigenvalue weighted by Crippen LogP contribution is -2.56. The Morgan fingerprint density at radius 2 is 1.06 bits per heavy atom. The summed E-state index contributed by atoms with van der Waals surface area (Å²) in [6, 6.07) is 32.8. The average Bonchev–Trinajstić information content (AvgIpc) is 2.47. The zero-order valence-corrected chi connectivity index (χ0v) is 53.7. The van der Waals surface area contributed by atoms with Crippen LogP contribution in [0.5, 0.6) is 0 Å². The minimum atomic E-state index is -0.650. The van der Waals surface area contributed by atoms with Crippen molar-refractivity contribution >= 4 is 47.0 Å². The van der Waals surface area contributed by atoms with Crippen LogP contribution in [0.4, 0.5) is 0 Å². The number of amides is 6. The molecular weight excluding hydrogens is 1120 g/mol. The highest BCUT2D eigenvalue weighted by molar-refractivity contribution is 5.99. The maximum atomic E-state index is 14.7. The summed E-state index contributed by atoms with van der Waals surface area (Å²) in [5.41, 5.74) is 4.60. The first-order valence-corrected chi connectivity index (χ1v) is 33.2. The number of ether oxygens (including phenoxy) is 2. The first-order valence-electron chi connectivity index (χ1n) is 33.2. The number of rotatable bonds is 30. The topological polar surface area (TPSA) is 192 Å². The van der Waals surface area contributed by atoms with E-state index in [1.807, 2.05) is 122 Å². The third kappa shape index (κ3) is 19.0. The molecular formula is C73H98N6O10. The smallest absolute Gasteiger partial charge is 0.251 e. The highest BCUT2D eigenvalue weighted by atomic mass is 16.5. The van der Waals surface area contributed by atoms with Crippen LogP contribution in [0, 0.1) is 29.6 Å². The van der Waals surface area contributed by atoms with Crippen LogP contribution < -0.4 is 10.6 Å². The molecule has 4 aliphatic rings. The van der Waals surface area contributed by atoms with Gasteiger partial charge in [-0.15, -0.1) is 0 Å². The Kier molecular flexibility index (Phi) is 25.7. The Bertz CT molecular complexity index is 2960. The molecule has 2 aliphatic carbocycles. The van der Waals surface area contributed by atoms with E-state index in [2.05, 4.69) is 10.6 Å². The van der Waals surface area contributed by atoms with Gasteiger partial charge in [-0.05, 0) is 104 Å². The quantitative estimate of drug-likeness (QED) is 0.0475. The molecule has 89 heavy (non-hydrogen) atoms. The molecule has 4 fully saturated rings. The van der Waals surface area contributed by atoms with Crippen LogP contribution in [0.15, 0.2) is 109 Å². The highest BCUT2D eigenvalue weighted by Gasteiger charge is 2.44. The van der Waals surface area contributed by atoms with E-state index in [-0.39, 0.29) is 128 Å². The minimum Gasteiger partial charge on any atom is -0.380 e. The van der Waals surface area contributed by atoms with Crippen molar-refractivity contribution in [3.8, 4) is 11.1 Å². The van der Waals surface area contributed by atoms with E-state index in [4.69, 9.17) is 9.47 Å². The maximum absolute atomic E-state index is 14.7. The van der Waals surface area contributed by atoms with Gasteiger partial charge in [-0.25, -0.2) is 0 Å². The van der Waals surface area contributed by atoms with Crippen molar-refractivity contribution < 1.29 is 47.8 Å². The molecule has 480 valence electrons. The molecule has 0 unspecified atom stereocenters. The second kappa shape index (κ2) is 33.7. The molecule has 4 aromatic carbocycles. The predicted molar refractivity (Wildman–Crippen MR) is 346 cm³/mol. The summed E-state index contributed by atoms with van der Waals surface area (Å²) in [4.78, 5) is 120. The third-order valence-electron chi connectivity index (χ3n) is 19.6. The molecule has 2 aliphatic heterocycles. The summed E-state index contributed by atoms with van der Waals surface area (Å²) >= 11 is 0. The monoisotopic (exact) mass is 1220 g/mol. The maximum Gasteiger partial charge on any atom is 0.251 e. The van der Waals surface area contributed by atoms with Crippen LogP contribution in [0.1, 0.15) is 162 Å². The van der Waals surface area contributed by atoms with Crippen LogP contribution >= 0.6 is 0 Å². The fourth-order valence-electron chi connectivity index (χ4n) is 13.7. The largest absolute Gasteiger partial charge is 0.380 e. The molecule has 16 nitrogen and oxygen atoms in total. The van der Waals surface area contributed by atoms with Crippen molar-refractivity contribution in [1.29, 1.82) is 0 Å². The summed E-state index contributed by atoms with van der Waals surface area (Å²) in [5, 5.41) is 6.02. The van der Waals surface area contributed by atoms with Gasteiger partial charge in [0.15, 0.2) is 5.78 Å². The van der Waals surface area contributed by atoms with E-state index in [0.717, 1.165) is 86.5 Å². The Morgan fingerprint density at radius 1 is 0.573 bits per heavy atom. The number of hydrogen-bond acceptors (Lipinski definition) is 10. The number of Topliss-reactive ketones (excluding diaryl/α,β-unsaturated/α-hetero) is 2. The third-order valence-corrected chi connectivity index (χ3v) is 19.6. The van der Waals surface area contributed by atoms with E-state index < -0.39 is 17.9 Å². The molecule has 0 aromatic heterocycles. The van der Waals surface area contributed by atoms with Gasteiger partial charge in [0, 0.05) is 102 Å². The molecule has 2 saturated heterocycles. The van der Waals surface area contributed by atoms with Crippen molar-refractivity contribution in [1.82, 2.24) is 30.2 Å². The van der Waals surface area contributed by atoms with Crippen molar-refractivity contribution in [3.63, 3.8) is 0 Å². The van der Waals surface area contributed by atoms with Gasteiger partial charge in [-0.2, -0.15) is 0 Å². The molecule has 0 bridgehead atoms. The number of hydrogen-bond donors (Lipinski definition) is 2. The van der Waals surface area contributed by atoms with Crippen molar-refractivity contribution in [2.24, 2.45) is 29.6 Å². The van der Waals surface area contributed by atoms with Gasteiger partial charge < -0.3 is 39.7 Å². The molecule has 4 aromatic rings. The van der Waals surface area contributed by atoms with Crippen LogP contribution in [0.25, 0.3) is 11.1 Å². The van der Waals surface area contributed by atoms with E-state index in [9.17, 15) is 38.4 Å². The van der Waals surface area contributed by atoms with Crippen molar-refractivity contribution in [2.75, 3.05) is 60.0 Å². The zero-order valence-electron chi connectivity index (χ0n) is 53.7. The number of ketones is 2. The first kappa shape index (κ1) is 67.9. The molecule has 0 radical (unpaired) electrons. The summed E-state index contributed by atoms with van der Waals surface area (Å²) < 4.78 is 11.7. The second-order valence-corrected chi connectivity index (χ2v) is 25.9. The molecule has 16 heteroatoms. The zero-order chi connectivity index (χ0) is 63.4. The fraction of sp³-hybridized carbons (Fsp3) is 0.562. The van der Waals surface area contributed by atoms with Crippen molar-refractivity contribution in [3.05, 3.63) is 131 Å². The Hall–Kier alpha value is -7.04. The van der Waals surface area contributed by atoms with Gasteiger partial charge in [0.25, 0.3) is 5.91 Å². The van der Waals surface area contributed by atoms with Crippen LogP contribution in [-0.2, 0) is 51.1 Å². The Balaban J connectivity index is 0.885. The lowest BCUT2D eigenvalue weighted by atomic mass is 9.76. The van der Waals surface area contributed by atoms with Gasteiger partial charge in [0.1, 0.15) is 11.8 Å². The number of benzene rings is 4. The summed E-state index contributed by atoms with van der Waals surface area (Å²) in [6.45, 7) is 9.45. The molecule has 2 saturated carbocycles. The molecule has 6 amide bonds. The summed E-state index contributed by atoms with van der Waals surface area (Å²) in [6.07, 6.45) is 12.6. The molecule has 0 spiro atoms. The lowest BCUT2D eigenvalue weighted by Gasteiger charge is -2.37. The molecule has 2 N–H and O–H groups in total. The predicted octanol–water partition coefficient (Wildman–Crippen LogP) is 10.3. The van der Waals surface area contributed by atoms with Crippen LogP contribution in [0.3, 0.4) is 0 Å². The van der Waals surface area contributed by atoms with Crippen LogP contribution in [-0.4, -0.2) is 157 Å². The van der Waals surface area contributed by atoms with E-state index in [1.54, 1.807) is 48.3 Å². The minimum absolute atomic E-state index is 0.00789. The lowest BCUT2D eigenvalue weighted by molar-refractivity contribution is -0.143.